The van der Waals surface area contributed by atoms with Gasteiger partial charge in [0, 0.05) is 19.6 Å². The van der Waals surface area contributed by atoms with Gasteiger partial charge in [0.15, 0.2) is 0 Å². The van der Waals surface area contributed by atoms with Gasteiger partial charge in [-0.1, -0.05) is 46.3 Å². The second-order valence-corrected chi connectivity index (χ2v) is 10.4. The fraction of sp³-hybridized carbons (Fsp3) is 0.143. The van der Waals surface area contributed by atoms with E-state index >= 15 is 0 Å². The highest BCUT2D eigenvalue weighted by molar-refractivity contribution is 8.33. The molecular formula is C14H11F3O3S3. The van der Waals surface area contributed by atoms with Crippen molar-refractivity contribution in [2.24, 2.45) is 0 Å². The second kappa shape index (κ2) is 5.44. The number of fused-ring (bicyclic) bond motifs is 2. The van der Waals surface area contributed by atoms with Crippen LogP contribution in [0.3, 0.4) is 0 Å². The molecule has 0 unspecified atom stereocenters. The monoisotopic (exact) mass is 380 g/mol. The van der Waals surface area contributed by atoms with Crippen LogP contribution in [0.1, 0.15) is 0 Å². The van der Waals surface area contributed by atoms with E-state index in [1.54, 1.807) is 48.5 Å². The average molecular weight is 380 g/mol. The van der Waals surface area contributed by atoms with Gasteiger partial charge in [-0.05, 0) is 30.5 Å². The van der Waals surface area contributed by atoms with E-state index in [1.807, 2.05) is 0 Å². The van der Waals surface area contributed by atoms with Crippen molar-refractivity contribution in [3.05, 3.63) is 48.5 Å². The normalized spacial score (nSPS) is 17.9. The Balaban J connectivity index is 2.22. The van der Waals surface area contributed by atoms with E-state index < -0.39 is 25.9 Å². The van der Waals surface area contributed by atoms with Gasteiger partial charge >= 0.3 is 15.6 Å². The molecule has 2 aromatic rings. The third-order valence-electron chi connectivity index (χ3n) is 3.27. The highest BCUT2D eigenvalue weighted by Gasteiger charge is 2.52. The zero-order chi connectivity index (χ0) is 16.9. The van der Waals surface area contributed by atoms with Crippen LogP contribution in [0.15, 0.2) is 68.1 Å². The molecule has 9 heteroatoms. The Labute approximate surface area is 137 Å². The van der Waals surface area contributed by atoms with E-state index in [9.17, 15) is 21.6 Å². The summed E-state index contributed by atoms with van der Waals surface area (Å²) < 4.78 is 66.4. The summed E-state index contributed by atoms with van der Waals surface area (Å²) in [5.74, 6) is 0. The quantitative estimate of drug-likeness (QED) is 0.703. The zero-order valence-corrected chi connectivity index (χ0v) is 14.2. The molecule has 0 aromatic heterocycles. The highest BCUT2D eigenvalue weighted by atomic mass is 32.3. The molecule has 0 saturated heterocycles. The van der Waals surface area contributed by atoms with Gasteiger partial charge < -0.3 is 0 Å². The molecule has 3 rings (SSSR count). The Kier molecular flexibility index (Phi) is 3.95. The van der Waals surface area contributed by atoms with Crippen LogP contribution in [0.4, 0.5) is 13.2 Å². The Morgan fingerprint density at radius 2 is 1.39 bits per heavy atom. The molecule has 23 heavy (non-hydrogen) atoms. The fourth-order valence-electron chi connectivity index (χ4n) is 2.24. The Hall–Kier alpha value is -1.16. The van der Waals surface area contributed by atoms with Crippen molar-refractivity contribution >= 4 is 32.2 Å². The van der Waals surface area contributed by atoms with Gasteiger partial charge in [0.25, 0.3) is 0 Å². The van der Waals surface area contributed by atoms with Crippen LogP contribution in [-0.2, 0) is 13.7 Å². The zero-order valence-electron chi connectivity index (χ0n) is 11.7. The summed E-state index contributed by atoms with van der Waals surface area (Å²) in [6.45, 7) is 0. The first kappa shape index (κ1) is 16.7. The van der Waals surface area contributed by atoms with Crippen molar-refractivity contribution in [1.29, 1.82) is 0 Å². The predicted molar refractivity (Wildman–Crippen MR) is 83.1 cm³/mol. The molecule has 0 fully saturated rings. The van der Waals surface area contributed by atoms with Crippen LogP contribution in [0.25, 0.3) is 0 Å². The maximum Gasteiger partial charge on any atom is 0.523 e. The van der Waals surface area contributed by atoms with E-state index in [0.717, 1.165) is 0 Å². The number of hydrogen-bond donors (Lipinski definition) is 0. The molecule has 0 atom stereocenters. The van der Waals surface area contributed by atoms with Crippen molar-refractivity contribution in [3.8, 4) is 0 Å². The smallest absolute Gasteiger partial charge is 0.204 e. The summed E-state index contributed by atoms with van der Waals surface area (Å²) in [5, 5.41) is 0. The number of hydrogen-bond acceptors (Lipinski definition) is 4. The van der Waals surface area contributed by atoms with Crippen LogP contribution < -0.4 is 0 Å². The first-order chi connectivity index (χ1) is 10.7. The van der Waals surface area contributed by atoms with Crippen molar-refractivity contribution in [3.63, 3.8) is 0 Å². The van der Waals surface area contributed by atoms with E-state index in [4.69, 9.17) is 3.63 Å². The van der Waals surface area contributed by atoms with Gasteiger partial charge in [-0.25, -0.2) is 3.63 Å². The number of benzene rings is 2. The molecule has 0 N–H and O–H groups in total. The fourth-order valence-corrected chi connectivity index (χ4v) is 8.46. The minimum absolute atomic E-state index is 0.469. The molecule has 3 nitrogen and oxygen atoms in total. The van der Waals surface area contributed by atoms with E-state index in [0.29, 0.717) is 19.6 Å². The SMILES string of the molecule is CS1(OS(=O)(=O)C(F)(F)F)c2ccccc2Sc2ccccc21. The molecule has 1 heterocycles. The molecule has 0 amide bonds. The minimum Gasteiger partial charge on any atom is -0.204 e. The summed E-state index contributed by atoms with van der Waals surface area (Å²) in [6, 6.07) is 13.5. The highest BCUT2D eigenvalue weighted by Crippen LogP contribution is 2.69. The van der Waals surface area contributed by atoms with Gasteiger partial charge in [0.05, 0.1) is 0 Å². The maximum absolute atomic E-state index is 12.8. The lowest BCUT2D eigenvalue weighted by Gasteiger charge is -2.40. The van der Waals surface area contributed by atoms with E-state index in [1.165, 1.54) is 18.0 Å². The van der Waals surface area contributed by atoms with Crippen LogP contribution in [0.5, 0.6) is 0 Å². The lowest BCUT2D eigenvalue weighted by molar-refractivity contribution is -0.0496. The van der Waals surface area contributed by atoms with E-state index in [2.05, 4.69) is 0 Å². The first-order valence-corrected chi connectivity index (χ1v) is 10.5. The molecule has 2 aromatic carbocycles. The summed E-state index contributed by atoms with van der Waals surface area (Å²) in [6.07, 6.45) is 1.42. The lowest BCUT2D eigenvalue weighted by Crippen LogP contribution is -2.27. The van der Waals surface area contributed by atoms with E-state index in [-0.39, 0.29) is 0 Å². The standard InChI is InChI=1S/C14H11F3O3S3/c1-22(20-23(18,19)14(15,16)17)12-8-4-2-6-10(12)21-11-7-3-5-9-13(11)22/h2-9H,1H3. The van der Waals surface area contributed by atoms with Gasteiger partial charge in [0.1, 0.15) is 0 Å². The third kappa shape index (κ3) is 2.75. The molecule has 0 bridgehead atoms. The van der Waals surface area contributed by atoms with Crippen molar-refractivity contribution in [1.82, 2.24) is 0 Å². The largest absolute Gasteiger partial charge is 0.523 e. The van der Waals surface area contributed by atoms with Crippen molar-refractivity contribution in [2.75, 3.05) is 6.26 Å². The van der Waals surface area contributed by atoms with Crippen LogP contribution in [0.2, 0.25) is 0 Å². The van der Waals surface area contributed by atoms with Gasteiger partial charge in [-0.3, -0.25) is 0 Å². The maximum atomic E-state index is 12.8. The van der Waals surface area contributed by atoms with Crippen molar-refractivity contribution in [2.45, 2.75) is 25.1 Å². The van der Waals surface area contributed by atoms with Crippen LogP contribution in [0, 0.1) is 0 Å². The lowest BCUT2D eigenvalue weighted by atomic mass is 10.3. The Bertz CT molecular complexity index is 817. The molecule has 0 radical (unpaired) electrons. The first-order valence-electron chi connectivity index (χ1n) is 6.32. The molecule has 0 spiro atoms. The number of rotatable bonds is 2. The third-order valence-corrected chi connectivity index (χ3v) is 9.44. The molecule has 1 aliphatic heterocycles. The van der Waals surface area contributed by atoms with Crippen LogP contribution in [-0.4, -0.2) is 20.2 Å². The van der Waals surface area contributed by atoms with Crippen molar-refractivity contribution < 1.29 is 25.2 Å². The van der Waals surface area contributed by atoms with Gasteiger partial charge in [-0.15, -0.1) is 0 Å². The molecule has 124 valence electrons. The summed E-state index contributed by atoms with van der Waals surface area (Å²) in [5.41, 5.74) is -5.46. The Morgan fingerprint density at radius 1 is 0.957 bits per heavy atom. The summed E-state index contributed by atoms with van der Waals surface area (Å²) >= 11 is 1.38. The molecule has 1 aliphatic rings. The number of alkyl halides is 3. The minimum atomic E-state index is -5.71. The average Bonchev–Trinajstić information content (AvgIpc) is 2.46. The summed E-state index contributed by atoms with van der Waals surface area (Å²) in [4.78, 5) is 2.33. The molecular weight excluding hydrogens is 369 g/mol. The van der Waals surface area contributed by atoms with Gasteiger partial charge in [-0.2, -0.15) is 21.6 Å². The summed E-state index contributed by atoms with van der Waals surface area (Å²) in [7, 11) is -8.54. The second-order valence-electron chi connectivity index (χ2n) is 4.81. The Morgan fingerprint density at radius 3 is 1.83 bits per heavy atom. The van der Waals surface area contributed by atoms with Gasteiger partial charge in [0.2, 0.25) is 0 Å². The predicted octanol–water partition coefficient (Wildman–Crippen LogP) is 4.78. The molecule has 0 saturated carbocycles. The molecule has 0 aliphatic carbocycles. The van der Waals surface area contributed by atoms with Crippen LogP contribution >= 0.6 is 22.1 Å². The number of halogens is 3. The topological polar surface area (TPSA) is 43.4 Å².